The van der Waals surface area contributed by atoms with E-state index in [1.54, 1.807) is 0 Å². The Morgan fingerprint density at radius 1 is 1.62 bits per heavy atom. The maximum absolute atomic E-state index is 11.3. The molecule has 2 fully saturated rings. The first-order chi connectivity index (χ1) is 7.70. The lowest BCUT2D eigenvalue weighted by atomic mass is 9.85. The highest BCUT2D eigenvalue weighted by atomic mass is 32.1. The van der Waals surface area contributed by atoms with Gasteiger partial charge in [0, 0.05) is 32.1 Å². The molecule has 2 unspecified atom stereocenters. The van der Waals surface area contributed by atoms with E-state index in [9.17, 15) is 4.79 Å². The molecule has 0 saturated carbocycles. The third-order valence-electron chi connectivity index (χ3n) is 3.44. The van der Waals surface area contributed by atoms with Gasteiger partial charge < -0.3 is 15.5 Å². The van der Waals surface area contributed by atoms with Gasteiger partial charge in [0.25, 0.3) is 0 Å². The molecule has 2 saturated heterocycles. The monoisotopic (exact) mass is 241 g/mol. The summed E-state index contributed by atoms with van der Waals surface area (Å²) in [6, 6.07) is 0.377. The van der Waals surface area contributed by atoms with E-state index in [0.717, 1.165) is 37.6 Å². The average molecular weight is 241 g/mol. The Labute approximate surface area is 102 Å². The van der Waals surface area contributed by atoms with E-state index in [-0.39, 0.29) is 5.91 Å². The van der Waals surface area contributed by atoms with Crippen LogP contribution >= 0.6 is 12.2 Å². The second kappa shape index (κ2) is 4.99. The topological polar surface area (TPSA) is 44.4 Å². The molecule has 2 rings (SSSR count). The average Bonchev–Trinajstić information content (AvgIpc) is 2.28. The van der Waals surface area contributed by atoms with Crippen LogP contribution in [0.4, 0.5) is 0 Å². The number of thiocarbonyl (C=S) groups is 1. The van der Waals surface area contributed by atoms with Crippen molar-refractivity contribution >= 4 is 23.2 Å². The van der Waals surface area contributed by atoms with Crippen LogP contribution in [0.3, 0.4) is 0 Å². The maximum atomic E-state index is 11.3. The SMILES string of the molecule is CCNC(=S)N1CCC2NC(=O)CCC2C1. The summed E-state index contributed by atoms with van der Waals surface area (Å²) in [6.45, 7) is 4.87. The van der Waals surface area contributed by atoms with E-state index in [1.165, 1.54) is 0 Å². The summed E-state index contributed by atoms with van der Waals surface area (Å²) in [7, 11) is 0. The molecule has 5 heteroatoms. The number of fused-ring (bicyclic) bond motifs is 1. The molecule has 4 nitrogen and oxygen atoms in total. The molecule has 0 aromatic carbocycles. The molecule has 2 aliphatic rings. The molecule has 16 heavy (non-hydrogen) atoms. The van der Waals surface area contributed by atoms with Crippen molar-refractivity contribution in [2.24, 2.45) is 5.92 Å². The Hall–Kier alpha value is -0.840. The van der Waals surface area contributed by atoms with E-state index in [4.69, 9.17) is 12.2 Å². The highest BCUT2D eigenvalue weighted by molar-refractivity contribution is 7.80. The molecule has 2 atom stereocenters. The Bertz CT molecular complexity index is 295. The molecule has 2 N–H and O–H groups in total. The minimum absolute atomic E-state index is 0.212. The summed E-state index contributed by atoms with van der Waals surface area (Å²) in [5.41, 5.74) is 0. The Morgan fingerprint density at radius 2 is 2.44 bits per heavy atom. The van der Waals surface area contributed by atoms with Crippen LogP contribution in [-0.2, 0) is 4.79 Å². The number of nitrogens with one attached hydrogen (secondary N) is 2. The van der Waals surface area contributed by atoms with Crippen LogP contribution in [0.15, 0.2) is 0 Å². The number of rotatable bonds is 1. The quantitative estimate of drug-likeness (QED) is 0.656. The number of hydrogen-bond acceptors (Lipinski definition) is 2. The first-order valence-corrected chi connectivity index (χ1v) is 6.43. The molecule has 0 bridgehead atoms. The van der Waals surface area contributed by atoms with E-state index in [2.05, 4.69) is 22.5 Å². The van der Waals surface area contributed by atoms with Gasteiger partial charge in [-0.15, -0.1) is 0 Å². The van der Waals surface area contributed by atoms with Crippen LogP contribution in [0.1, 0.15) is 26.2 Å². The predicted molar refractivity (Wildman–Crippen MR) is 67.1 cm³/mol. The third kappa shape index (κ3) is 2.45. The Balaban J connectivity index is 1.90. The summed E-state index contributed by atoms with van der Waals surface area (Å²) in [4.78, 5) is 13.5. The second-order valence-electron chi connectivity index (χ2n) is 4.54. The Kier molecular flexibility index (Phi) is 3.63. The predicted octanol–water partition coefficient (Wildman–Crippen LogP) is 0.481. The fraction of sp³-hybridized carbons (Fsp3) is 0.818. The lowest BCUT2D eigenvalue weighted by molar-refractivity contribution is -0.125. The summed E-state index contributed by atoms with van der Waals surface area (Å²) in [5, 5.41) is 7.13. The van der Waals surface area contributed by atoms with Gasteiger partial charge in [-0.2, -0.15) is 0 Å². The van der Waals surface area contributed by atoms with Crippen LogP contribution in [0.5, 0.6) is 0 Å². The van der Waals surface area contributed by atoms with Crippen LogP contribution < -0.4 is 10.6 Å². The van der Waals surface area contributed by atoms with Gasteiger partial charge in [0.15, 0.2) is 5.11 Å². The summed E-state index contributed by atoms with van der Waals surface area (Å²) in [6.07, 6.45) is 2.69. The van der Waals surface area contributed by atoms with Crippen molar-refractivity contribution in [3.05, 3.63) is 0 Å². The van der Waals surface area contributed by atoms with Crippen LogP contribution in [0.2, 0.25) is 0 Å². The number of amides is 1. The van der Waals surface area contributed by atoms with Crippen molar-refractivity contribution in [2.75, 3.05) is 19.6 Å². The van der Waals surface area contributed by atoms with Gasteiger partial charge >= 0.3 is 0 Å². The van der Waals surface area contributed by atoms with E-state index >= 15 is 0 Å². The van der Waals surface area contributed by atoms with Gasteiger partial charge in [-0.25, -0.2) is 0 Å². The van der Waals surface area contributed by atoms with Crippen molar-refractivity contribution in [2.45, 2.75) is 32.2 Å². The van der Waals surface area contributed by atoms with Crippen molar-refractivity contribution < 1.29 is 4.79 Å². The van der Waals surface area contributed by atoms with Crippen LogP contribution in [-0.4, -0.2) is 41.6 Å². The summed E-state index contributed by atoms with van der Waals surface area (Å²) in [5.74, 6) is 0.784. The van der Waals surface area contributed by atoms with Crippen molar-refractivity contribution in [1.82, 2.24) is 15.5 Å². The maximum Gasteiger partial charge on any atom is 0.220 e. The minimum atomic E-state index is 0.212. The zero-order valence-electron chi connectivity index (χ0n) is 9.66. The van der Waals surface area contributed by atoms with E-state index < -0.39 is 0 Å². The largest absolute Gasteiger partial charge is 0.363 e. The molecular formula is C11H19N3OS. The smallest absolute Gasteiger partial charge is 0.220 e. The second-order valence-corrected chi connectivity index (χ2v) is 4.93. The third-order valence-corrected chi connectivity index (χ3v) is 3.84. The molecular weight excluding hydrogens is 222 g/mol. The fourth-order valence-electron chi connectivity index (χ4n) is 2.56. The minimum Gasteiger partial charge on any atom is -0.363 e. The number of likely N-dealkylation sites (tertiary alicyclic amines) is 1. The summed E-state index contributed by atoms with van der Waals surface area (Å²) < 4.78 is 0. The van der Waals surface area contributed by atoms with Gasteiger partial charge in [-0.3, -0.25) is 4.79 Å². The van der Waals surface area contributed by atoms with Gasteiger partial charge in [0.2, 0.25) is 5.91 Å². The molecule has 0 aliphatic carbocycles. The van der Waals surface area contributed by atoms with Crippen LogP contribution in [0.25, 0.3) is 0 Å². The zero-order chi connectivity index (χ0) is 11.5. The molecule has 1 amide bonds. The number of carbonyl (C=O) groups excluding carboxylic acids is 1. The molecule has 0 aromatic rings. The standard InChI is InChI=1S/C11H19N3OS/c1-2-12-11(16)14-6-5-9-8(7-14)3-4-10(15)13-9/h8-9H,2-7H2,1H3,(H,12,16)(H,13,15). The molecule has 0 aromatic heterocycles. The van der Waals surface area contributed by atoms with E-state index in [0.29, 0.717) is 18.4 Å². The van der Waals surface area contributed by atoms with Crippen molar-refractivity contribution in [1.29, 1.82) is 0 Å². The van der Waals surface area contributed by atoms with E-state index in [1.807, 2.05) is 0 Å². The highest BCUT2D eigenvalue weighted by Gasteiger charge is 2.34. The zero-order valence-corrected chi connectivity index (χ0v) is 10.5. The molecule has 0 spiro atoms. The lowest BCUT2D eigenvalue weighted by Crippen LogP contribution is -2.56. The number of nitrogens with zero attached hydrogens (tertiary/aromatic N) is 1. The highest BCUT2D eigenvalue weighted by Crippen LogP contribution is 2.25. The van der Waals surface area contributed by atoms with Crippen LogP contribution in [0, 0.1) is 5.92 Å². The Morgan fingerprint density at radius 3 is 3.19 bits per heavy atom. The van der Waals surface area contributed by atoms with Crippen molar-refractivity contribution in [3.63, 3.8) is 0 Å². The fourth-order valence-corrected chi connectivity index (χ4v) is 2.87. The van der Waals surface area contributed by atoms with Gasteiger partial charge in [0.05, 0.1) is 0 Å². The molecule has 2 aliphatic heterocycles. The number of hydrogen-bond donors (Lipinski definition) is 2. The lowest BCUT2D eigenvalue weighted by Gasteiger charge is -2.42. The molecule has 0 radical (unpaired) electrons. The van der Waals surface area contributed by atoms with Gasteiger partial charge in [-0.05, 0) is 37.9 Å². The normalized spacial score (nSPS) is 29.3. The number of carbonyl (C=O) groups is 1. The van der Waals surface area contributed by atoms with Gasteiger partial charge in [-0.1, -0.05) is 0 Å². The molecule has 2 heterocycles. The van der Waals surface area contributed by atoms with Gasteiger partial charge in [0.1, 0.15) is 0 Å². The summed E-state index contributed by atoms with van der Waals surface area (Å²) >= 11 is 5.32. The first kappa shape index (κ1) is 11.6. The van der Waals surface area contributed by atoms with Crippen molar-refractivity contribution in [3.8, 4) is 0 Å². The first-order valence-electron chi connectivity index (χ1n) is 6.03. The molecule has 90 valence electrons. The number of piperidine rings is 2.